The first kappa shape index (κ1) is 38.1. The molecule has 1 heterocycles. The molecule has 10 heteroatoms. The van der Waals surface area contributed by atoms with Crippen LogP contribution in [-0.4, -0.2) is 114 Å². The topological polar surface area (TPSA) is 115 Å². The lowest BCUT2D eigenvalue weighted by Crippen LogP contribution is -2.48. The monoisotopic (exact) mass is 692 g/mol. The maximum Gasteiger partial charge on any atom is 0.407 e. The molecule has 0 bridgehead atoms. The van der Waals surface area contributed by atoms with Crippen molar-refractivity contribution in [3.05, 3.63) is 65.2 Å². The van der Waals surface area contributed by atoms with Gasteiger partial charge < -0.3 is 34.8 Å². The van der Waals surface area contributed by atoms with Crippen LogP contribution in [0.25, 0.3) is 0 Å². The number of benzene rings is 2. The van der Waals surface area contributed by atoms with Crippen molar-refractivity contribution >= 4 is 12.0 Å². The Balaban J connectivity index is 1.35. The molecular formula is C40H60N4O6. The molecule has 5 atom stereocenters. The van der Waals surface area contributed by atoms with Gasteiger partial charge in [-0.2, -0.15) is 0 Å². The number of amides is 2. The molecule has 0 spiro atoms. The lowest BCUT2D eigenvalue weighted by Gasteiger charge is -2.35. The number of aliphatic hydroxyl groups excluding tert-OH is 2. The summed E-state index contributed by atoms with van der Waals surface area (Å²) in [6.07, 6.45) is 4.49. The van der Waals surface area contributed by atoms with Gasteiger partial charge in [-0.25, -0.2) is 4.79 Å². The van der Waals surface area contributed by atoms with E-state index in [2.05, 4.69) is 22.2 Å². The maximum atomic E-state index is 14.6. The molecule has 0 unspecified atom stereocenters. The molecule has 3 aliphatic rings. The Bertz CT molecular complexity index is 1380. The maximum absolute atomic E-state index is 14.6. The van der Waals surface area contributed by atoms with E-state index in [0.717, 1.165) is 80.8 Å². The first-order valence-electron chi connectivity index (χ1n) is 18.7. The lowest BCUT2D eigenvalue weighted by atomic mass is 9.81. The van der Waals surface area contributed by atoms with Gasteiger partial charge in [0, 0.05) is 46.2 Å². The van der Waals surface area contributed by atoms with Gasteiger partial charge in [0.15, 0.2) is 0 Å². The average Bonchev–Trinajstić information content (AvgIpc) is 3.42. The van der Waals surface area contributed by atoms with Crippen molar-refractivity contribution < 1.29 is 29.3 Å². The smallest absolute Gasteiger partial charge is 0.407 e. The van der Waals surface area contributed by atoms with Crippen LogP contribution in [0.15, 0.2) is 48.5 Å². The van der Waals surface area contributed by atoms with Crippen molar-refractivity contribution in [2.45, 2.75) is 108 Å². The Morgan fingerprint density at radius 2 is 1.68 bits per heavy atom. The number of carbonyl (C=O) groups excluding carboxylic acids is 2. The van der Waals surface area contributed by atoms with E-state index in [1.807, 2.05) is 69.3 Å². The third-order valence-corrected chi connectivity index (χ3v) is 10.7. The number of hydrogen-bond donors (Lipinski definition) is 3. The summed E-state index contributed by atoms with van der Waals surface area (Å²) in [5.74, 6) is 0.193. The second-order valence-corrected chi connectivity index (χ2v) is 15.8. The fourth-order valence-corrected chi connectivity index (χ4v) is 7.90. The second kappa shape index (κ2) is 17.4. The Labute approximate surface area is 299 Å². The van der Waals surface area contributed by atoms with E-state index >= 15 is 0 Å². The fourth-order valence-electron chi connectivity index (χ4n) is 7.90. The molecule has 3 N–H and O–H groups in total. The summed E-state index contributed by atoms with van der Waals surface area (Å²) in [5.41, 5.74) is 2.05. The van der Waals surface area contributed by atoms with E-state index in [0.29, 0.717) is 25.4 Å². The molecule has 0 aromatic heterocycles. The van der Waals surface area contributed by atoms with Crippen LogP contribution in [0.2, 0.25) is 0 Å². The number of nitrogens with one attached hydrogen (secondary N) is 1. The van der Waals surface area contributed by atoms with Crippen LogP contribution in [0.1, 0.15) is 94.4 Å². The number of piperazine rings is 1. The predicted octanol–water partition coefficient (Wildman–Crippen LogP) is 5.13. The molecule has 2 aromatic carbocycles. The number of fused-ring (bicyclic) bond motifs is 1. The van der Waals surface area contributed by atoms with Crippen LogP contribution in [0, 0.1) is 5.92 Å². The minimum Gasteiger partial charge on any atom is -0.492 e. The highest BCUT2D eigenvalue weighted by atomic mass is 16.6. The summed E-state index contributed by atoms with van der Waals surface area (Å²) >= 11 is 0. The first-order valence-corrected chi connectivity index (χ1v) is 18.7. The number of hydrogen-bond acceptors (Lipinski definition) is 8. The van der Waals surface area contributed by atoms with E-state index < -0.39 is 41.9 Å². The van der Waals surface area contributed by atoms with E-state index in [1.54, 1.807) is 11.9 Å². The largest absolute Gasteiger partial charge is 0.492 e. The molecule has 1 saturated carbocycles. The molecule has 2 amide bonds. The van der Waals surface area contributed by atoms with Gasteiger partial charge in [-0.15, -0.1) is 0 Å². The van der Waals surface area contributed by atoms with Crippen LogP contribution in [0.4, 0.5) is 4.79 Å². The second-order valence-electron chi connectivity index (χ2n) is 15.8. The number of likely N-dealkylation sites (N-methyl/N-ethyl adjacent to an activating group) is 2. The summed E-state index contributed by atoms with van der Waals surface area (Å²) in [6, 6.07) is 14.4. The standard InChI is InChI=1S/C40H60N4O6/c1-40(2,3)50-39(48)41-34(25-28-11-7-6-8-12-28)35(45)27-33(38(47)43(5)37-32-14-10-9-13-30(32)26-36(37)46)29-15-17-31(18-16-29)49-24-23-44-21-19-42(4)20-22-44/h9-10,13-18,28,33-37,45-46H,6-8,11-12,19-27H2,1-5H3,(H,41,48)/t33-,34+,35+,36-,37+/m1/s1. The zero-order chi connectivity index (χ0) is 35.8. The molecule has 10 nitrogen and oxygen atoms in total. The van der Waals surface area contributed by atoms with Gasteiger partial charge in [-0.05, 0) is 75.4 Å². The van der Waals surface area contributed by atoms with Gasteiger partial charge in [0.25, 0.3) is 0 Å². The molecule has 1 saturated heterocycles. The first-order chi connectivity index (χ1) is 23.9. The fraction of sp³-hybridized carbons (Fsp3) is 0.650. The Hall–Kier alpha value is -3.18. The molecule has 2 aromatic rings. The minimum absolute atomic E-state index is 0.102. The molecule has 5 rings (SSSR count). The van der Waals surface area contributed by atoms with Crippen molar-refractivity contribution in [1.82, 2.24) is 20.0 Å². The highest BCUT2D eigenvalue weighted by Gasteiger charge is 2.40. The van der Waals surface area contributed by atoms with Crippen molar-refractivity contribution in [3.8, 4) is 5.75 Å². The molecule has 1 aliphatic heterocycles. The van der Waals surface area contributed by atoms with Gasteiger partial charge >= 0.3 is 6.09 Å². The summed E-state index contributed by atoms with van der Waals surface area (Å²) in [6.45, 7) is 11.1. The average molecular weight is 693 g/mol. The Kier molecular flexibility index (Phi) is 13.2. The third-order valence-electron chi connectivity index (χ3n) is 10.7. The van der Waals surface area contributed by atoms with Crippen LogP contribution in [0.5, 0.6) is 5.75 Å². The molecule has 50 heavy (non-hydrogen) atoms. The Morgan fingerprint density at radius 1 is 1.00 bits per heavy atom. The number of carbonyl (C=O) groups is 2. The zero-order valence-electron chi connectivity index (χ0n) is 30.9. The van der Waals surface area contributed by atoms with E-state index in [1.165, 1.54) is 6.42 Å². The van der Waals surface area contributed by atoms with Crippen LogP contribution in [0.3, 0.4) is 0 Å². The highest BCUT2D eigenvalue weighted by molar-refractivity contribution is 5.84. The summed E-state index contributed by atoms with van der Waals surface area (Å²) in [7, 11) is 3.89. The van der Waals surface area contributed by atoms with Gasteiger partial charge in [0.2, 0.25) is 5.91 Å². The van der Waals surface area contributed by atoms with Crippen molar-refractivity contribution in [3.63, 3.8) is 0 Å². The van der Waals surface area contributed by atoms with Crippen LogP contribution < -0.4 is 10.1 Å². The van der Waals surface area contributed by atoms with Crippen LogP contribution in [-0.2, 0) is 16.0 Å². The van der Waals surface area contributed by atoms with E-state index in [9.17, 15) is 19.8 Å². The molecule has 276 valence electrons. The highest BCUT2D eigenvalue weighted by Crippen LogP contribution is 2.38. The molecule has 2 fully saturated rings. The van der Waals surface area contributed by atoms with Gasteiger partial charge in [0.1, 0.15) is 18.0 Å². The number of alkyl carbamates (subject to hydrolysis) is 1. The van der Waals surface area contributed by atoms with Gasteiger partial charge in [-0.3, -0.25) is 9.69 Å². The number of rotatable bonds is 13. The van der Waals surface area contributed by atoms with Crippen molar-refractivity contribution in [1.29, 1.82) is 0 Å². The number of aliphatic hydroxyl groups is 2. The molecular weight excluding hydrogens is 632 g/mol. The minimum atomic E-state index is -1.01. The molecule has 2 aliphatic carbocycles. The number of nitrogens with zero attached hydrogens (tertiary/aromatic N) is 3. The van der Waals surface area contributed by atoms with Crippen molar-refractivity contribution in [2.24, 2.45) is 5.92 Å². The van der Waals surface area contributed by atoms with Gasteiger partial charge in [0.05, 0.1) is 30.2 Å². The van der Waals surface area contributed by atoms with E-state index in [4.69, 9.17) is 9.47 Å². The van der Waals surface area contributed by atoms with Crippen LogP contribution >= 0.6 is 0 Å². The van der Waals surface area contributed by atoms with E-state index in [-0.39, 0.29) is 12.3 Å². The third kappa shape index (κ3) is 10.4. The Morgan fingerprint density at radius 3 is 2.36 bits per heavy atom. The zero-order valence-corrected chi connectivity index (χ0v) is 30.9. The SMILES string of the molecule is CN1CCN(CCOc2ccc([C@@H](C[C@H](O)[C@H](CC3CCCCC3)NC(=O)OC(C)(C)C)C(=O)N(C)[C@H]3c4ccccc4C[C@H]3O)cc2)CC1. The van der Waals surface area contributed by atoms with Gasteiger partial charge in [-0.1, -0.05) is 68.5 Å². The quantitative estimate of drug-likeness (QED) is 0.265. The molecule has 0 radical (unpaired) electrons. The summed E-state index contributed by atoms with van der Waals surface area (Å²) in [5, 5.41) is 26.0. The summed E-state index contributed by atoms with van der Waals surface area (Å²) in [4.78, 5) is 33.9. The number of ether oxygens (including phenoxy) is 2. The summed E-state index contributed by atoms with van der Waals surface area (Å²) < 4.78 is 11.7. The van der Waals surface area contributed by atoms with Crippen molar-refractivity contribution in [2.75, 3.05) is 53.4 Å². The lowest BCUT2D eigenvalue weighted by molar-refractivity contribution is -0.136. The predicted molar refractivity (Wildman–Crippen MR) is 195 cm³/mol. The normalized spacial score (nSPS) is 22.3.